The highest BCUT2D eigenvalue weighted by molar-refractivity contribution is 5.10. The van der Waals surface area contributed by atoms with Gasteiger partial charge >= 0.3 is 0 Å². The minimum Gasteiger partial charge on any atom is -0.396 e. The molecule has 0 atom stereocenters. The Morgan fingerprint density at radius 3 is 2.81 bits per heavy atom. The van der Waals surface area contributed by atoms with E-state index >= 15 is 0 Å². The average Bonchev–Trinajstić information content (AvgIpc) is 3.02. The summed E-state index contributed by atoms with van der Waals surface area (Å²) in [6.45, 7) is 2.51. The Balaban J connectivity index is 1.82. The largest absolute Gasteiger partial charge is 0.396 e. The van der Waals surface area contributed by atoms with Gasteiger partial charge < -0.3 is 9.67 Å². The molecule has 0 saturated heterocycles. The first kappa shape index (κ1) is 11.7. The smallest absolute Gasteiger partial charge is 0.0431 e. The van der Waals surface area contributed by atoms with E-state index in [4.69, 9.17) is 5.11 Å². The number of aliphatic hydroxyl groups excluding tert-OH is 1. The van der Waals surface area contributed by atoms with Gasteiger partial charge in [-0.1, -0.05) is 0 Å². The van der Waals surface area contributed by atoms with Crippen molar-refractivity contribution in [3.05, 3.63) is 24.0 Å². The standard InChI is InChI=1S/C13H22N2O/c1-14-8-6-12(10-14)11-15(13-4-5-13)7-2-3-9-16/h6,8,10,13,16H,2-5,7,9,11H2,1H3. The fraction of sp³-hybridized carbons (Fsp3) is 0.692. The Labute approximate surface area is 97.7 Å². The fourth-order valence-corrected chi connectivity index (χ4v) is 2.15. The van der Waals surface area contributed by atoms with Crippen LogP contribution in [0.3, 0.4) is 0 Å². The van der Waals surface area contributed by atoms with Crippen molar-refractivity contribution >= 4 is 0 Å². The molecule has 1 aliphatic carbocycles. The molecule has 0 amide bonds. The van der Waals surface area contributed by atoms with Gasteiger partial charge in [0.25, 0.3) is 0 Å². The number of aromatic nitrogens is 1. The molecule has 0 bridgehead atoms. The highest BCUT2D eigenvalue weighted by Gasteiger charge is 2.28. The molecule has 1 aromatic heterocycles. The molecule has 2 rings (SSSR count). The minimum atomic E-state index is 0.323. The molecule has 0 unspecified atom stereocenters. The van der Waals surface area contributed by atoms with Gasteiger partial charge in [-0.05, 0) is 43.9 Å². The van der Waals surface area contributed by atoms with E-state index < -0.39 is 0 Å². The molecule has 90 valence electrons. The molecular formula is C13H22N2O. The van der Waals surface area contributed by atoms with Crippen LogP contribution >= 0.6 is 0 Å². The molecule has 3 heteroatoms. The van der Waals surface area contributed by atoms with Crippen LogP contribution in [0.5, 0.6) is 0 Å². The van der Waals surface area contributed by atoms with Crippen molar-refractivity contribution in [3.63, 3.8) is 0 Å². The van der Waals surface area contributed by atoms with Gasteiger partial charge in [0.1, 0.15) is 0 Å². The lowest BCUT2D eigenvalue weighted by Gasteiger charge is -2.21. The summed E-state index contributed by atoms with van der Waals surface area (Å²) in [6.07, 6.45) is 9.05. The molecule has 0 aromatic carbocycles. The van der Waals surface area contributed by atoms with E-state index in [9.17, 15) is 0 Å². The number of rotatable bonds is 7. The lowest BCUT2D eigenvalue weighted by molar-refractivity contribution is 0.229. The maximum atomic E-state index is 8.80. The quantitative estimate of drug-likeness (QED) is 0.712. The molecule has 1 fully saturated rings. The van der Waals surface area contributed by atoms with Gasteiger partial charge in [-0.25, -0.2) is 0 Å². The number of hydrogen-bond donors (Lipinski definition) is 1. The zero-order valence-electron chi connectivity index (χ0n) is 10.1. The Morgan fingerprint density at radius 1 is 1.44 bits per heavy atom. The van der Waals surface area contributed by atoms with Crippen molar-refractivity contribution < 1.29 is 5.11 Å². The van der Waals surface area contributed by atoms with Gasteiger partial charge in [-0.2, -0.15) is 0 Å². The number of aryl methyl sites for hydroxylation is 1. The predicted molar refractivity (Wildman–Crippen MR) is 65.2 cm³/mol. The van der Waals surface area contributed by atoms with Crippen LogP contribution in [0.4, 0.5) is 0 Å². The van der Waals surface area contributed by atoms with Gasteiger partial charge in [-0.15, -0.1) is 0 Å². The molecule has 3 nitrogen and oxygen atoms in total. The van der Waals surface area contributed by atoms with Crippen molar-refractivity contribution in [2.75, 3.05) is 13.2 Å². The van der Waals surface area contributed by atoms with Crippen LogP contribution in [0.15, 0.2) is 18.5 Å². The molecule has 0 radical (unpaired) electrons. The highest BCUT2D eigenvalue weighted by atomic mass is 16.2. The second-order valence-electron chi connectivity index (χ2n) is 4.82. The summed E-state index contributed by atoms with van der Waals surface area (Å²) in [4.78, 5) is 2.56. The van der Waals surface area contributed by atoms with Crippen LogP contribution in [-0.4, -0.2) is 33.8 Å². The zero-order valence-corrected chi connectivity index (χ0v) is 10.1. The van der Waals surface area contributed by atoms with Crippen molar-refractivity contribution in [1.29, 1.82) is 0 Å². The first-order valence-corrected chi connectivity index (χ1v) is 6.25. The molecule has 1 saturated carbocycles. The average molecular weight is 222 g/mol. The van der Waals surface area contributed by atoms with E-state index in [1.54, 1.807) is 0 Å². The molecule has 16 heavy (non-hydrogen) atoms. The summed E-state index contributed by atoms with van der Waals surface area (Å²) in [5, 5.41) is 8.80. The summed E-state index contributed by atoms with van der Waals surface area (Å²) in [5.41, 5.74) is 1.40. The fourth-order valence-electron chi connectivity index (χ4n) is 2.15. The van der Waals surface area contributed by atoms with Gasteiger partial charge in [0.2, 0.25) is 0 Å². The topological polar surface area (TPSA) is 28.4 Å². The summed E-state index contributed by atoms with van der Waals surface area (Å²) in [7, 11) is 2.07. The summed E-state index contributed by atoms with van der Waals surface area (Å²) >= 11 is 0. The number of aliphatic hydroxyl groups is 1. The van der Waals surface area contributed by atoms with E-state index in [-0.39, 0.29) is 0 Å². The predicted octanol–water partition coefficient (Wildman–Crippen LogP) is 1.76. The molecule has 0 spiro atoms. The summed E-state index contributed by atoms with van der Waals surface area (Å²) in [5.74, 6) is 0. The molecule has 1 aromatic rings. The Morgan fingerprint density at radius 2 is 2.25 bits per heavy atom. The lowest BCUT2D eigenvalue weighted by Crippen LogP contribution is -2.26. The van der Waals surface area contributed by atoms with Gasteiger partial charge in [0.15, 0.2) is 0 Å². The minimum absolute atomic E-state index is 0.323. The lowest BCUT2D eigenvalue weighted by atomic mass is 10.2. The van der Waals surface area contributed by atoms with E-state index in [1.165, 1.54) is 18.4 Å². The molecule has 1 heterocycles. The van der Waals surface area contributed by atoms with E-state index in [0.717, 1.165) is 32.0 Å². The van der Waals surface area contributed by atoms with Crippen LogP contribution in [0, 0.1) is 0 Å². The van der Waals surface area contributed by atoms with Crippen LogP contribution in [0.1, 0.15) is 31.2 Å². The second kappa shape index (κ2) is 5.51. The van der Waals surface area contributed by atoms with E-state index in [0.29, 0.717) is 6.61 Å². The van der Waals surface area contributed by atoms with Gasteiger partial charge in [0.05, 0.1) is 0 Å². The monoisotopic (exact) mass is 222 g/mol. The van der Waals surface area contributed by atoms with Crippen molar-refractivity contribution in [2.24, 2.45) is 7.05 Å². The van der Waals surface area contributed by atoms with Crippen molar-refractivity contribution in [3.8, 4) is 0 Å². The van der Waals surface area contributed by atoms with Crippen LogP contribution in [0.25, 0.3) is 0 Å². The van der Waals surface area contributed by atoms with E-state index in [1.807, 2.05) is 0 Å². The first-order chi connectivity index (χ1) is 7.79. The third-order valence-electron chi connectivity index (χ3n) is 3.20. The van der Waals surface area contributed by atoms with E-state index in [2.05, 4.69) is 35.0 Å². The molecule has 1 aliphatic rings. The Kier molecular flexibility index (Phi) is 4.02. The Hall–Kier alpha value is -0.800. The SMILES string of the molecule is Cn1ccc(CN(CCCCO)C2CC2)c1. The number of nitrogens with zero attached hydrogens (tertiary/aromatic N) is 2. The number of unbranched alkanes of at least 4 members (excludes halogenated alkanes) is 1. The maximum Gasteiger partial charge on any atom is 0.0431 e. The van der Waals surface area contributed by atoms with Crippen molar-refractivity contribution in [1.82, 2.24) is 9.47 Å². The highest BCUT2D eigenvalue weighted by Crippen LogP contribution is 2.28. The summed E-state index contributed by atoms with van der Waals surface area (Å²) < 4.78 is 2.11. The zero-order chi connectivity index (χ0) is 11.4. The van der Waals surface area contributed by atoms with Gasteiger partial charge in [0, 0.05) is 38.6 Å². The maximum absolute atomic E-state index is 8.80. The van der Waals surface area contributed by atoms with Crippen LogP contribution in [-0.2, 0) is 13.6 Å². The number of hydrogen-bond acceptors (Lipinski definition) is 2. The van der Waals surface area contributed by atoms with Crippen molar-refractivity contribution in [2.45, 2.75) is 38.3 Å². The van der Waals surface area contributed by atoms with Gasteiger partial charge in [-0.3, -0.25) is 4.90 Å². The third-order valence-corrected chi connectivity index (χ3v) is 3.20. The first-order valence-electron chi connectivity index (χ1n) is 6.25. The normalized spacial score (nSPS) is 15.9. The second-order valence-corrected chi connectivity index (χ2v) is 4.82. The third kappa shape index (κ3) is 3.35. The molecule has 1 N–H and O–H groups in total. The Bertz CT molecular complexity index is 317. The summed E-state index contributed by atoms with van der Waals surface area (Å²) in [6, 6.07) is 3.00. The molecular weight excluding hydrogens is 200 g/mol. The van der Waals surface area contributed by atoms with Crippen LogP contribution < -0.4 is 0 Å². The van der Waals surface area contributed by atoms with Crippen LogP contribution in [0.2, 0.25) is 0 Å². The molecule has 0 aliphatic heterocycles.